The average Bonchev–Trinajstić information content (AvgIpc) is 2.19. The van der Waals surface area contributed by atoms with Crippen molar-refractivity contribution in [3.8, 4) is 0 Å². The first-order chi connectivity index (χ1) is 7.00. The molecule has 0 heterocycles. The van der Waals surface area contributed by atoms with Gasteiger partial charge >= 0.3 is 0 Å². The normalized spacial score (nSPS) is 21.3. The van der Waals surface area contributed by atoms with Crippen LogP contribution >= 0.6 is 0 Å². The number of rotatable bonds is 4. The molecule has 0 aromatic rings. The molecule has 0 aromatic heterocycles. The van der Waals surface area contributed by atoms with Crippen molar-refractivity contribution in [1.29, 1.82) is 0 Å². The maximum Gasteiger partial charge on any atom is 0.235 e. The number of primary amides is 1. The van der Waals surface area contributed by atoms with Crippen molar-refractivity contribution in [1.82, 2.24) is 5.32 Å². The lowest BCUT2D eigenvalue weighted by Gasteiger charge is -2.41. The molecule has 0 aromatic carbocycles. The molecule has 3 N–H and O–H groups in total. The molecule has 15 heavy (non-hydrogen) atoms. The fourth-order valence-corrected chi connectivity index (χ4v) is 2.96. The van der Waals surface area contributed by atoms with Crippen LogP contribution in [0.3, 0.4) is 0 Å². The van der Waals surface area contributed by atoms with Gasteiger partial charge < -0.3 is 11.1 Å². The Morgan fingerprint density at radius 3 is 2.27 bits per heavy atom. The van der Waals surface area contributed by atoms with E-state index in [1.54, 1.807) is 0 Å². The van der Waals surface area contributed by atoms with E-state index in [1.807, 2.05) is 7.05 Å². The largest absolute Gasteiger partial charge is 0.368 e. The highest BCUT2D eigenvalue weighted by atomic mass is 16.1. The van der Waals surface area contributed by atoms with Crippen LogP contribution < -0.4 is 11.1 Å². The van der Waals surface area contributed by atoms with Gasteiger partial charge in [0.25, 0.3) is 0 Å². The predicted octanol–water partition coefficient (Wildman–Crippen LogP) is 1.67. The van der Waals surface area contributed by atoms with Crippen LogP contribution in [0.25, 0.3) is 0 Å². The van der Waals surface area contributed by atoms with Crippen LogP contribution in [0.1, 0.15) is 46.0 Å². The second-order valence-corrected chi connectivity index (χ2v) is 5.28. The van der Waals surface area contributed by atoms with Crippen molar-refractivity contribution in [2.24, 2.45) is 17.1 Å². The number of hydrogen-bond donors (Lipinski definition) is 2. The van der Waals surface area contributed by atoms with E-state index in [2.05, 4.69) is 19.2 Å². The highest BCUT2D eigenvalue weighted by Crippen LogP contribution is 2.40. The fraction of sp³-hybridized carbons (Fsp3) is 0.917. The summed E-state index contributed by atoms with van der Waals surface area (Å²) >= 11 is 0. The number of carbonyl (C=O) groups excluding carboxylic acids is 1. The number of carbonyl (C=O) groups is 1. The lowest BCUT2D eigenvalue weighted by molar-refractivity contribution is -0.123. The molecule has 1 aliphatic rings. The summed E-state index contributed by atoms with van der Waals surface area (Å²) in [4.78, 5) is 11.4. The van der Waals surface area contributed by atoms with Gasteiger partial charge in [0.2, 0.25) is 5.91 Å². The minimum absolute atomic E-state index is 0.0268. The van der Waals surface area contributed by atoms with Gasteiger partial charge in [-0.3, -0.25) is 4.79 Å². The summed E-state index contributed by atoms with van der Waals surface area (Å²) in [5.41, 5.74) is 5.41. The van der Waals surface area contributed by atoms with Gasteiger partial charge in [0, 0.05) is 0 Å². The van der Waals surface area contributed by atoms with Crippen LogP contribution in [0, 0.1) is 11.3 Å². The first kappa shape index (κ1) is 12.5. The number of amides is 1. The quantitative estimate of drug-likeness (QED) is 0.744. The molecule has 1 fully saturated rings. The first-order valence-corrected chi connectivity index (χ1v) is 5.96. The van der Waals surface area contributed by atoms with Crippen molar-refractivity contribution >= 4 is 5.91 Å². The molecule has 1 saturated carbocycles. The summed E-state index contributed by atoms with van der Waals surface area (Å²) in [7, 11) is 1.82. The Balaban J connectivity index is 2.73. The third-order valence-corrected chi connectivity index (χ3v) is 3.97. The molecule has 0 spiro atoms. The van der Waals surface area contributed by atoms with Crippen molar-refractivity contribution < 1.29 is 4.79 Å². The first-order valence-electron chi connectivity index (χ1n) is 5.96. The van der Waals surface area contributed by atoms with E-state index >= 15 is 0 Å². The van der Waals surface area contributed by atoms with Gasteiger partial charge in [-0.05, 0) is 31.2 Å². The molecule has 0 radical (unpaired) electrons. The van der Waals surface area contributed by atoms with Gasteiger partial charge in [0.15, 0.2) is 0 Å². The third-order valence-electron chi connectivity index (χ3n) is 3.97. The summed E-state index contributed by atoms with van der Waals surface area (Å²) in [6.07, 6.45) is 6.40. The maximum absolute atomic E-state index is 11.4. The van der Waals surface area contributed by atoms with Crippen LogP contribution in [0.4, 0.5) is 0 Å². The molecule has 0 unspecified atom stereocenters. The standard InChI is InChI=1S/C12H24N2O/c1-12(2,10(14-3)11(13)15)9-7-5-4-6-8-9/h9-10,14H,4-8H2,1-3H3,(H2,13,15)/t10-/m1/s1. The van der Waals surface area contributed by atoms with E-state index in [9.17, 15) is 4.79 Å². The Kier molecular flexibility index (Phi) is 4.14. The van der Waals surface area contributed by atoms with Gasteiger partial charge in [0.05, 0.1) is 6.04 Å². The molecule has 0 aliphatic heterocycles. The van der Waals surface area contributed by atoms with E-state index in [1.165, 1.54) is 32.1 Å². The smallest absolute Gasteiger partial charge is 0.235 e. The van der Waals surface area contributed by atoms with Gasteiger partial charge in [0.1, 0.15) is 0 Å². The third kappa shape index (κ3) is 2.71. The molecule has 3 nitrogen and oxygen atoms in total. The fourth-order valence-electron chi connectivity index (χ4n) is 2.96. The summed E-state index contributed by atoms with van der Waals surface area (Å²) in [5, 5.41) is 3.06. The highest BCUT2D eigenvalue weighted by molar-refractivity contribution is 5.80. The number of likely N-dealkylation sites (N-methyl/N-ethyl adjacent to an activating group) is 1. The lowest BCUT2D eigenvalue weighted by atomic mass is 9.67. The summed E-state index contributed by atoms with van der Waals surface area (Å²) in [6.45, 7) is 4.32. The molecule has 1 amide bonds. The summed E-state index contributed by atoms with van der Waals surface area (Å²) < 4.78 is 0. The Labute approximate surface area is 92.8 Å². The maximum atomic E-state index is 11.4. The monoisotopic (exact) mass is 212 g/mol. The van der Waals surface area contributed by atoms with Gasteiger partial charge in [-0.25, -0.2) is 0 Å². The molecule has 88 valence electrons. The van der Waals surface area contributed by atoms with Crippen LogP contribution in [-0.4, -0.2) is 19.0 Å². The lowest BCUT2D eigenvalue weighted by Crippen LogP contribution is -2.52. The zero-order valence-electron chi connectivity index (χ0n) is 10.2. The van der Waals surface area contributed by atoms with E-state index in [-0.39, 0.29) is 17.4 Å². The van der Waals surface area contributed by atoms with Crippen molar-refractivity contribution in [3.63, 3.8) is 0 Å². The molecule has 0 saturated heterocycles. The highest BCUT2D eigenvalue weighted by Gasteiger charge is 2.39. The van der Waals surface area contributed by atoms with Crippen LogP contribution in [0.5, 0.6) is 0 Å². The Morgan fingerprint density at radius 1 is 1.33 bits per heavy atom. The van der Waals surface area contributed by atoms with E-state index in [0.717, 1.165) is 0 Å². The van der Waals surface area contributed by atoms with E-state index in [4.69, 9.17) is 5.73 Å². The van der Waals surface area contributed by atoms with Crippen molar-refractivity contribution in [3.05, 3.63) is 0 Å². The summed E-state index contributed by atoms with van der Waals surface area (Å²) in [6, 6.07) is -0.208. The van der Waals surface area contributed by atoms with Crippen LogP contribution in [0.15, 0.2) is 0 Å². The number of nitrogens with two attached hydrogens (primary N) is 1. The van der Waals surface area contributed by atoms with E-state index < -0.39 is 0 Å². The minimum Gasteiger partial charge on any atom is -0.368 e. The molecule has 1 aliphatic carbocycles. The van der Waals surface area contributed by atoms with Crippen LogP contribution in [-0.2, 0) is 4.79 Å². The van der Waals surface area contributed by atoms with E-state index in [0.29, 0.717) is 5.92 Å². The zero-order valence-corrected chi connectivity index (χ0v) is 10.2. The minimum atomic E-state index is -0.229. The molecule has 3 heteroatoms. The average molecular weight is 212 g/mol. The second kappa shape index (κ2) is 4.97. The molecule has 1 atom stereocenters. The number of nitrogens with one attached hydrogen (secondary N) is 1. The van der Waals surface area contributed by atoms with Crippen molar-refractivity contribution in [2.75, 3.05) is 7.05 Å². The Bertz CT molecular complexity index is 220. The SMILES string of the molecule is CN[C@H](C(N)=O)C(C)(C)C1CCCCC1. The van der Waals surface area contributed by atoms with Gasteiger partial charge in [-0.1, -0.05) is 33.1 Å². The van der Waals surface area contributed by atoms with Crippen molar-refractivity contribution in [2.45, 2.75) is 52.0 Å². The molecule has 0 bridgehead atoms. The molecular weight excluding hydrogens is 188 g/mol. The summed E-state index contributed by atoms with van der Waals surface area (Å²) in [5.74, 6) is 0.393. The molecular formula is C12H24N2O. The Morgan fingerprint density at radius 2 is 1.87 bits per heavy atom. The second-order valence-electron chi connectivity index (χ2n) is 5.28. The van der Waals surface area contributed by atoms with Gasteiger partial charge in [-0.15, -0.1) is 0 Å². The number of hydrogen-bond acceptors (Lipinski definition) is 2. The van der Waals surface area contributed by atoms with Crippen LogP contribution in [0.2, 0.25) is 0 Å². The zero-order chi connectivity index (χ0) is 11.5. The molecule has 1 rings (SSSR count). The topological polar surface area (TPSA) is 55.1 Å². The van der Waals surface area contributed by atoms with Gasteiger partial charge in [-0.2, -0.15) is 0 Å². The predicted molar refractivity (Wildman–Crippen MR) is 62.4 cm³/mol. The Hall–Kier alpha value is -0.570.